The molecule has 0 aromatic carbocycles. The highest BCUT2D eigenvalue weighted by molar-refractivity contribution is 5.97. The number of hydrogen-bond donors (Lipinski definition) is 11. The molecule has 0 aliphatic rings. The Morgan fingerprint density at radius 3 is 1.60 bits per heavy atom. The average molecular weight is 745 g/mol. The second-order valence-corrected chi connectivity index (χ2v) is 13.7. The van der Waals surface area contributed by atoms with E-state index < -0.39 is 127 Å². The zero-order chi connectivity index (χ0) is 40.5. The number of aliphatic carboxylic acids is 2. The number of nitrogens with one attached hydrogen (secondary N) is 6. The van der Waals surface area contributed by atoms with Crippen molar-refractivity contribution in [3.63, 3.8) is 0 Å². The van der Waals surface area contributed by atoms with Crippen LogP contribution < -0.4 is 43.4 Å². The fraction of sp³-hybridized carbons (Fsp3) is 0.719. The number of rotatable bonds is 24. The van der Waals surface area contributed by atoms with Crippen LogP contribution in [0.5, 0.6) is 0 Å². The maximum absolute atomic E-state index is 13.3. The molecule has 0 rings (SSSR count). The Balaban J connectivity index is 5.73. The molecule has 0 saturated carbocycles. The highest BCUT2D eigenvalue weighted by Crippen LogP contribution is 2.09. The molecule has 0 aromatic heterocycles. The molecule has 0 aliphatic carbocycles. The quantitative estimate of drug-likeness (QED) is 0.0465. The molecule has 0 unspecified atom stereocenters. The zero-order valence-electron chi connectivity index (χ0n) is 30.7. The SMILES string of the molecule is CC(C)C[C@H](NC(=O)[C@@H](NC(=O)[C@@H](NC(=O)[C@@H](N)CC(C)C)C(C)C)[C@@H](C)O)C(=O)NCC(=O)N[C@@H](CC(N)=O)C(=O)N[C@@H](CCC(=O)O)C(=O)O. The highest BCUT2D eigenvalue weighted by atomic mass is 16.4. The van der Waals surface area contributed by atoms with Crippen LogP contribution >= 0.6 is 0 Å². The number of nitrogens with two attached hydrogens (primary N) is 2. The third kappa shape index (κ3) is 18.4. The number of carboxylic acid groups (broad SMARTS) is 2. The monoisotopic (exact) mass is 744 g/mol. The molecule has 296 valence electrons. The van der Waals surface area contributed by atoms with Crippen molar-refractivity contribution >= 4 is 53.3 Å². The van der Waals surface area contributed by atoms with E-state index in [1.54, 1.807) is 27.7 Å². The molecule has 52 heavy (non-hydrogen) atoms. The first-order valence-corrected chi connectivity index (χ1v) is 16.9. The summed E-state index contributed by atoms with van der Waals surface area (Å²) in [5.41, 5.74) is 11.1. The van der Waals surface area contributed by atoms with Crippen LogP contribution in [0, 0.1) is 17.8 Å². The van der Waals surface area contributed by atoms with Crippen molar-refractivity contribution < 1.29 is 58.5 Å². The minimum Gasteiger partial charge on any atom is -0.481 e. The Kier molecular flexibility index (Phi) is 20.7. The third-order valence-electron chi connectivity index (χ3n) is 7.45. The van der Waals surface area contributed by atoms with Crippen LogP contribution in [0.15, 0.2) is 0 Å². The summed E-state index contributed by atoms with van der Waals surface area (Å²) in [7, 11) is 0. The lowest BCUT2D eigenvalue weighted by atomic mass is 9.99. The fourth-order valence-corrected chi connectivity index (χ4v) is 4.77. The number of aliphatic hydroxyl groups is 1. The molecule has 7 amide bonds. The predicted molar refractivity (Wildman–Crippen MR) is 184 cm³/mol. The van der Waals surface area contributed by atoms with Crippen molar-refractivity contribution in [3.8, 4) is 0 Å². The lowest BCUT2D eigenvalue weighted by molar-refractivity contribution is -0.143. The number of carbonyl (C=O) groups is 9. The average Bonchev–Trinajstić information content (AvgIpc) is 3.00. The van der Waals surface area contributed by atoms with Gasteiger partial charge in [0.2, 0.25) is 41.4 Å². The Hall–Kier alpha value is -4.85. The van der Waals surface area contributed by atoms with Gasteiger partial charge in [0.15, 0.2) is 0 Å². The van der Waals surface area contributed by atoms with Crippen LogP contribution in [0.3, 0.4) is 0 Å². The molecule has 20 heteroatoms. The smallest absolute Gasteiger partial charge is 0.326 e. The number of hydrogen-bond acceptors (Lipinski definition) is 11. The highest BCUT2D eigenvalue weighted by Gasteiger charge is 2.34. The predicted octanol–water partition coefficient (Wildman–Crippen LogP) is -3.19. The normalized spacial score (nSPS) is 15.2. The van der Waals surface area contributed by atoms with Crippen molar-refractivity contribution in [2.45, 2.75) is 123 Å². The standard InChI is InChI=1S/C32H56N8O12/c1-14(2)10-18(33)27(46)39-25(16(5)6)30(49)40-26(17(7)41)31(50)38-20(11-15(3)4)28(47)35-13-23(43)36-21(12-22(34)42)29(48)37-19(32(51)52)8-9-24(44)45/h14-21,25-26,41H,8-13,33H2,1-7H3,(H2,34,42)(H,35,47)(H,36,43)(H,37,48)(H,38,50)(H,39,46)(H,40,49)(H,44,45)(H,51,52)/t17-,18+,19+,20+,21+,25+,26+/m1/s1. The van der Waals surface area contributed by atoms with Gasteiger partial charge in [0.05, 0.1) is 25.1 Å². The van der Waals surface area contributed by atoms with Crippen LogP contribution in [0.25, 0.3) is 0 Å². The minimum atomic E-state index is -1.68. The topological polar surface area (TPSA) is 339 Å². The molecule has 20 nitrogen and oxygen atoms in total. The van der Waals surface area contributed by atoms with Gasteiger partial charge in [-0.1, -0.05) is 41.5 Å². The molecule has 0 heterocycles. The first-order chi connectivity index (χ1) is 24.0. The first-order valence-electron chi connectivity index (χ1n) is 16.9. The number of primary amides is 1. The largest absolute Gasteiger partial charge is 0.481 e. The number of carboxylic acids is 2. The summed E-state index contributed by atoms with van der Waals surface area (Å²) < 4.78 is 0. The molecule has 0 saturated heterocycles. The lowest BCUT2D eigenvalue weighted by Crippen LogP contribution is -2.61. The minimum absolute atomic E-state index is 0.0394. The van der Waals surface area contributed by atoms with Gasteiger partial charge >= 0.3 is 11.9 Å². The van der Waals surface area contributed by atoms with Gasteiger partial charge in [-0.05, 0) is 43.9 Å². The van der Waals surface area contributed by atoms with Crippen molar-refractivity contribution in [2.24, 2.45) is 29.2 Å². The van der Waals surface area contributed by atoms with E-state index in [1.165, 1.54) is 6.92 Å². The molecule has 0 aliphatic heterocycles. The third-order valence-corrected chi connectivity index (χ3v) is 7.45. The molecule has 0 bridgehead atoms. The Bertz CT molecular complexity index is 1290. The lowest BCUT2D eigenvalue weighted by Gasteiger charge is -2.29. The van der Waals surface area contributed by atoms with E-state index in [-0.39, 0.29) is 18.3 Å². The molecular formula is C32H56N8O12. The molecule has 0 aromatic rings. The van der Waals surface area contributed by atoms with Gasteiger partial charge in [-0.3, -0.25) is 38.4 Å². The molecule has 0 spiro atoms. The Morgan fingerprint density at radius 1 is 0.615 bits per heavy atom. The number of aliphatic hydroxyl groups excluding tert-OH is 1. The van der Waals surface area contributed by atoms with E-state index in [4.69, 9.17) is 16.6 Å². The molecule has 13 N–H and O–H groups in total. The van der Waals surface area contributed by atoms with Crippen molar-refractivity contribution in [2.75, 3.05) is 6.54 Å². The zero-order valence-corrected chi connectivity index (χ0v) is 30.7. The van der Waals surface area contributed by atoms with Gasteiger partial charge in [-0.15, -0.1) is 0 Å². The Labute approximate surface area is 302 Å². The van der Waals surface area contributed by atoms with Gasteiger partial charge in [0, 0.05) is 6.42 Å². The van der Waals surface area contributed by atoms with Crippen LogP contribution in [-0.2, 0) is 43.2 Å². The summed E-state index contributed by atoms with van der Waals surface area (Å²) in [6.07, 6.45) is -2.90. The summed E-state index contributed by atoms with van der Waals surface area (Å²) in [6.45, 7) is 11.0. The van der Waals surface area contributed by atoms with E-state index in [0.717, 1.165) is 0 Å². The second kappa shape index (κ2) is 22.9. The van der Waals surface area contributed by atoms with Gasteiger partial charge in [0.1, 0.15) is 30.2 Å². The van der Waals surface area contributed by atoms with E-state index in [1.807, 2.05) is 19.2 Å². The summed E-state index contributed by atoms with van der Waals surface area (Å²) in [6, 6.07) is -8.20. The molecular weight excluding hydrogens is 688 g/mol. The maximum atomic E-state index is 13.3. The molecule has 0 fully saturated rings. The van der Waals surface area contributed by atoms with Crippen molar-refractivity contribution in [3.05, 3.63) is 0 Å². The summed E-state index contributed by atoms with van der Waals surface area (Å²) in [5.74, 6) is -9.77. The van der Waals surface area contributed by atoms with Gasteiger partial charge in [-0.25, -0.2) is 4.79 Å². The van der Waals surface area contributed by atoms with E-state index in [0.29, 0.717) is 6.42 Å². The summed E-state index contributed by atoms with van der Waals surface area (Å²) in [4.78, 5) is 112. The molecule has 0 radical (unpaired) electrons. The van der Waals surface area contributed by atoms with Crippen LogP contribution in [-0.4, -0.2) is 118 Å². The van der Waals surface area contributed by atoms with Crippen LogP contribution in [0.1, 0.15) is 80.6 Å². The summed E-state index contributed by atoms with van der Waals surface area (Å²) in [5, 5.41) is 42.5. The Morgan fingerprint density at radius 2 is 1.13 bits per heavy atom. The van der Waals surface area contributed by atoms with E-state index >= 15 is 0 Å². The van der Waals surface area contributed by atoms with Crippen molar-refractivity contribution in [1.82, 2.24) is 31.9 Å². The molecule has 7 atom stereocenters. The maximum Gasteiger partial charge on any atom is 0.326 e. The van der Waals surface area contributed by atoms with E-state index in [2.05, 4.69) is 26.6 Å². The number of amides is 7. The fourth-order valence-electron chi connectivity index (χ4n) is 4.77. The van der Waals surface area contributed by atoms with Crippen LogP contribution in [0.4, 0.5) is 0 Å². The van der Waals surface area contributed by atoms with Gasteiger partial charge in [0.25, 0.3) is 0 Å². The van der Waals surface area contributed by atoms with Gasteiger partial charge in [-0.2, -0.15) is 0 Å². The van der Waals surface area contributed by atoms with Crippen molar-refractivity contribution in [1.29, 1.82) is 0 Å². The summed E-state index contributed by atoms with van der Waals surface area (Å²) >= 11 is 0. The first kappa shape index (κ1) is 47.1. The number of carbonyl (C=O) groups excluding carboxylic acids is 7. The van der Waals surface area contributed by atoms with Crippen LogP contribution in [0.2, 0.25) is 0 Å². The van der Waals surface area contributed by atoms with E-state index in [9.17, 15) is 53.4 Å². The second-order valence-electron chi connectivity index (χ2n) is 13.7. The van der Waals surface area contributed by atoms with Gasteiger partial charge < -0.3 is 58.7 Å².